The zero-order chi connectivity index (χ0) is 29.6. The van der Waals surface area contributed by atoms with Gasteiger partial charge in [-0.2, -0.15) is 0 Å². The standard InChI is InChI=1S/C28H45F2N5O4Si/c1-27(2,3)24-28(29,30)22(11-12-34(24)26(37)38)33-15-13-32(14-16-33)20-9-8-10-21-23(20)31(4)25(36)35(21)19-39-17-18-40(5,6)7/h8-10,22,24H,11-19H2,1-7H3,(H,37,38). The number of imidazole rings is 1. The molecule has 12 heteroatoms. The van der Waals surface area contributed by atoms with E-state index in [2.05, 4.69) is 24.5 Å². The summed E-state index contributed by atoms with van der Waals surface area (Å²) >= 11 is 0. The Labute approximate surface area is 236 Å². The minimum absolute atomic E-state index is 0.0900. The third-order valence-electron chi connectivity index (χ3n) is 8.28. The van der Waals surface area contributed by atoms with Crippen LogP contribution in [0.25, 0.3) is 11.0 Å². The minimum Gasteiger partial charge on any atom is -0.465 e. The van der Waals surface area contributed by atoms with Crippen LogP contribution in [0.1, 0.15) is 27.2 Å². The number of piperazine rings is 1. The van der Waals surface area contributed by atoms with Crippen molar-refractivity contribution in [1.29, 1.82) is 0 Å². The van der Waals surface area contributed by atoms with Crippen molar-refractivity contribution < 1.29 is 23.4 Å². The van der Waals surface area contributed by atoms with Gasteiger partial charge in [0, 0.05) is 54.5 Å². The van der Waals surface area contributed by atoms with Crippen LogP contribution in [0.5, 0.6) is 0 Å². The molecule has 2 fully saturated rings. The number of amides is 1. The van der Waals surface area contributed by atoms with Crippen LogP contribution in [0.4, 0.5) is 19.3 Å². The van der Waals surface area contributed by atoms with E-state index < -0.39 is 37.6 Å². The Morgan fingerprint density at radius 1 is 1.12 bits per heavy atom. The normalized spacial score (nSPS) is 22.7. The summed E-state index contributed by atoms with van der Waals surface area (Å²) in [5.74, 6) is -3.19. The van der Waals surface area contributed by atoms with Crippen LogP contribution in [-0.4, -0.2) is 95.5 Å². The van der Waals surface area contributed by atoms with E-state index in [0.717, 1.165) is 27.7 Å². The fourth-order valence-electron chi connectivity index (χ4n) is 6.30. The molecule has 0 spiro atoms. The summed E-state index contributed by atoms with van der Waals surface area (Å²) in [6.07, 6.45) is -1.20. The Kier molecular flexibility index (Phi) is 8.46. The topological polar surface area (TPSA) is 83.2 Å². The monoisotopic (exact) mass is 581 g/mol. The van der Waals surface area contributed by atoms with Gasteiger partial charge >= 0.3 is 11.8 Å². The molecule has 2 aliphatic rings. The molecule has 1 aromatic carbocycles. The molecule has 0 bridgehead atoms. The molecule has 40 heavy (non-hydrogen) atoms. The lowest BCUT2D eigenvalue weighted by Gasteiger charge is -2.53. The van der Waals surface area contributed by atoms with Crippen molar-refractivity contribution in [3.05, 3.63) is 28.7 Å². The van der Waals surface area contributed by atoms with Crippen molar-refractivity contribution in [3.8, 4) is 0 Å². The summed E-state index contributed by atoms with van der Waals surface area (Å²) in [6.45, 7) is 14.7. The maximum Gasteiger partial charge on any atom is 0.407 e. The van der Waals surface area contributed by atoms with Crippen molar-refractivity contribution in [2.45, 2.75) is 77.6 Å². The summed E-state index contributed by atoms with van der Waals surface area (Å²) in [6, 6.07) is 4.42. The number of carboxylic acid groups (broad SMARTS) is 1. The van der Waals surface area contributed by atoms with E-state index in [1.54, 1.807) is 37.0 Å². The molecule has 2 atom stereocenters. The van der Waals surface area contributed by atoms with Crippen molar-refractivity contribution in [1.82, 2.24) is 18.9 Å². The predicted molar refractivity (Wildman–Crippen MR) is 156 cm³/mol. The number of likely N-dealkylation sites (tertiary alicyclic amines) is 1. The molecule has 2 saturated heterocycles. The summed E-state index contributed by atoms with van der Waals surface area (Å²) in [5.41, 5.74) is 1.45. The molecule has 9 nitrogen and oxygen atoms in total. The molecule has 1 N–H and O–H groups in total. The van der Waals surface area contributed by atoms with E-state index in [0.29, 0.717) is 32.8 Å². The van der Waals surface area contributed by atoms with Crippen LogP contribution in [-0.2, 0) is 18.5 Å². The van der Waals surface area contributed by atoms with Crippen LogP contribution >= 0.6 is 0 Å². The Bertz CT molecular complexity index is 1270. The second-order valence-corrected chi connectivity index (χ2v) is 19.1. The van der Waals surface area contributed by atoms with E-state index in [9.17, 15) is 14.7 Å². The quantitative estimate of drug-likeness (QED) is 0.381. The van der Waals surface area contributed by atoms with Gasteiger partial charge < -0.3 is 14.7 Å². The summed E-state index contributed by atoms with van der Waals surface area (Å²) in [7, 11) is 0.514. The molecule has 2 aromatic rings. The molecule has 1 amide bonds. The Hall–Kier alpha value is -2.44. The van der Waals surface area contributed by atoms with Gasteiger partial charge in [0.2, 0.25) is 0 Å². The van der Waals surface area contributed by atoms with Gasteiger partial charge in [-0.3, -0.25) is 18.9 Å². The molecule has 3 heterocycles. The number of alkyl halides is 2. The Balaban J connectivity index is 1.51. The van der Waals surface area contributed by atoms with E-state index in [1.165, 1.54) is 0 Å². The van der Waals surface area contributed by atoms with Crippen molar-refractivity contribution in [3.63, 3.8) is 0 Å². The third-order valence-corrected chi connectivity index (χ3v) is 9.98. The van der Waals surface area contributed by atoms with E-state index in [-0.39, 0.29) is 25.4 Å². The lowest BCUT2D eigenvalue weighted by molar-refractivity contribution is -0.183. The van der Waals surface area contributed by atoms with Crippen molar-refractivity contribution in [2.75, 3.05) is 44.2 Å². The predicted octanol–water partition coefficient (Wildman–Crippen LogP) is 4.58. The molecule has 224 valence electrons. The van der Waals surface area contributed by atoms with Gasteiger partial charge in [-0.1, -0.05) is 46.5 Å². The number of aromatic nitrogens is 2. The second kappa shape index (κ2) is 11.1. The molecule has 0 saturated carbocycles. The minimum atomic E-state index is -3.19. The van der Waals surface area contributed by atoms with Crippen molar-refractivity contribution in [2.24, 2.45) is 12.5 Å². The molecule has 1 aromatic heterocycles. The van der Waals surface area contributed by atoms with Crippen LogP contribution in [0, 0.1) is 5.41 Å². The highest BCUT2D eigenvalue weighted by molar-refractivity contribution is 6.76. The van der Waals surface area contributed by atoms with Crippen LogP contribution in [0.3, 0.4) is 0 Å². The second-order valence-electron chi connectivity index (χ2n) is 13.5. The first-order valence-electron chi connectivity index (χ1n) is 14.2. The fourth-order valence-corrected chi connectivity index (χ4v) is 7.06. The SMILES string of the molecule is Cn1c(=O)n(COCC[Si](C)(C)C)c2cccc(N3CCN(C4CCN(C(=O)O)C(C(C)(C)C)C4(F)F)CC3)c21. The maximum atomic E-state index is 15.9. The highest BCUT2D eigenvalue weighted by Crippen LogP contribution is 2.44. The molecule has 2 unspecified atom stereocenters. The summed E-state index contributed by atoms with van der Waals surface area (Å²) in [5, 5.41) is 9.62. The lowest BCUT2D eigenvalue weighted by atomic mass is 9.76. The van der Waals surface area contributed by atoms with Gasteiger partial charge in [-0.15, -0.1) is 0 Å². The number of carbonyl (C=O) groups is 1. The Morgan fingerprint density at radius 2 is 1.77 bits per heavy atom. The first-order valence-corrected chi connectivity index (χ1v) is 17.9. The van der Waals surface area contributed by atoms with Gasteiger partial charge in [-0.25, -0.2) is 18.4 Å². The highest BCUT2D eigenvalue weighted by Gasteiger charge is 2.60. The number of nitrogens with zero attached hydrogens (tertiary/aromatic N) is 5. The lowest BCUT2D eigenvalue weighted by Crippen LogP contribution is -2.69. The zero-order valence-corrected chi connectivity index (χ0v) is 25.9. The average molecular weight is 582 g/mol. The first-order chi connectivity index (χ1) is 18.5. The number of anilines is 1. The number of hydrogen-bond acceptors (Lipinski definition) is 5. The van der Waals surface area contributed by atoms with Gasteiger partial charge in [0.15, 0.2) is 0 Å². The number of hydrogen-bond donors (Lipinski definition) is 1. The first kappa shape index (κ1) is 30.5. The van der Waals surface area contributed by atoms with Gasteiger partial charge in [0.05, 0.1) is 22.8 Å². The number of ether oxygens (including phenoxy) is 1. The van der Waals surface area contributed by atoms with Crippen LogP contribution < -0.4 is 10.6 Å². The fraction of sp³-hybridized carbons (Fsp3) is 0.714. The number of aryl methyl sites for hydroxylation is 1. The molecule has 0 aliphatic carbocycles. The van der Waals surface area contributed by atoms with Crippen LogP contribution in [0.2, 0.25) is 25.7 Å². The highest BCUT2D eigenvalue weighted by atomic mass is 28.3. The smallest absolute Gasteiger partial charge is 0.407 e. The number of fused-ring (bicyclic) bond motifs is 1. The van der Waals surface area contributed by atoms with Gasteiger partial charge in [0.1, 0.15) is 12.8 Å². The molecular weight excluding hydrogens is 536 g/mol. The summed E-state index contributed by atoms with van der Waals surface area (Å²) < 4.78 is 41.1. The Morgan fingerprint density at radius 3 is 2.35 bits per heavy atom. The molecule has 2 aliphatic heterocycles. The number of benzene rings is 1. The zero-order valence-electron chi connectivity index (χ0n) is 24.9. The number of piperidine rings is 1. The molecular formula is C28H45F2N5O4Si. The van der Waals surface area contributed by atoms with E-state index in [1.807, 2.05) is 23.1 Å². The summed E-state index contributed by atoms with van der Waals surface area (Å²) in [4.78, 5) is 29.8. The van der Waals surface area contributed by atoms with Gasteiger partial charge in [-0.05, 0) is 30.0 Å². The third kappa shape index (κ3) is 5.94. The number of rotatable bonds is 7. The van der Waals surface area contributed by atoms with Crippen LogP contribution in [0.15, 0.2) is 23.0 Å². The molecule has 0 radical (unpaired) electrons. The van der Waals surface area contributed by atoms with E-state index in [4.69, 9.17) is 4.74 Å². The number of halogens is 2. The maximum absolute atomic E-state index is 15.9. The largest absolute Gasteiger partial charge is 0.465 e. The van der Waals surface area contributed by atoms with Crippen molar-refractivity contribution >= 4 is 30.9 Å². The average Bonchev–Trinajstić information content (AvgIpc) is 3.09. The molecule has 4 rings (SSSR count). The van der Waals surface area contributed by atoms with E-state index >= 15 is 8.78 Å². The number of para-hydroxylation sites is 1. The van der Waals surface area contributed by atoms with Gasteiger partial charge in [0.25, 0.3) is 5.92 Å².